The van der Waals surface area contributed by atoms with Crippen molar-refractivity contribution in [3.63, 3.8) is 0 Å². The average molecular weight is 276 g/mol. The summed E-state index contributed by atoms with van der Waals surface area (Å²) >= 11 is 7.17. The lowest BCUT2D eigenvalue weighted by Crippen LogP contribution is -2.48. The molecule has 0 atom stereocenters. The molecule has 5 nitrogen and oxygen atoms in total. The van der Waals surface area contributed by atoms with Crippen LogP contribution in [0.1, 0.15) is 0 Å². The van der Waals surface area contributed by atoms with Crippen LogP contribution in [0, 0.1) is 0 Å². The second kappa shape index (κ2) is 5.95. The molecule has 96 valence electrons. The molecule has 1 aromatic heterocycles. The zero-order valence-corrected chi connectivity index (χ0v) is 11.8. The smallest absolute Gasteiger partial charge is 0.187 e. The van der Waals surface area contributed by atoms with Gasteiger partial charge in [0.1, 0.15) is 0 Å². The maximum Gasteiger partial charge on any atom is 0.187 e. The molecular weight excluding hydrogens is 258 g/mol. The van der Waals surface area contributed by atoms with Gasteiger partial charge in [-0.3, -0.25) is 4.90 Å². The van der Waals surface area contributed by atoms with Crippen molar-refractivity contribution in [3.8, 4) is 0 Å². The van der Waals surface area contributed by atoms with Crippen LogP contribution in [0.4, 0.5) is 5.82 Å². The molecular formula is C10H18ClN5S. The fraction of sp³-hybridized carbons (Fsp3) is 0.800. The van der Waals surface area contributed by atoms with Crippen LogP contribution in [0.2, 0.25) is 5.15 Å². The highest BCUT2D eigenvalue weighted by Crippen LogP contribution is 2.23. The SMILES string of the molecule is CN(C)CCN1CCN(c2nsnc2Cl)CC1. The molecule has 0 amide bonds. The van der Waals surface area contributed by atoms with Crippen LogP contribution in [-0.2, 0) is 0 Å². The molecule has 1 aliphatic heterocycles. The van der Waals surface area contributed by atoms with Gasteiger partial charge in [-0.2, -0.15) is 8.75 Å². The molecule has 0 saturated carbocycles. The van der Waals surface area contributed by atoms with Crippen LogP contribution >= 0.6 is 23.3 Å². The molecule has 0 N–H and O–H groups in total. The van der Waals surface area contributed by atoms with Crippen LogP contribution in [0.25, 0.3) is 0 Å². The fourth-order valence-electron chi connectivity index (χ4n) is 1.89. The zero-order valence-electron chi connectivity index (χ0n) is 10.3. The van der Waals surface area contributed by atoms with Crippen LogP contribution in [0.15, 0.2) is 0 Å². The lowest BCUT2D eigenvalue weighted by molar-refractivity contribution is 0.229. The van der Waals surface area contributed by atoms with Crippen LogP contribution in [0.5, 0.6) is 0 Å². The van der Waals surface area contributed by atoms with Crippen molar-refractivity contribution in [3.05, 3.63) is 5.15 Å². The Hall–Kier alpha value is -0.430. The minimum Gasteiger partial charge on any atom is -0.351 e. The lowest BCUT2D eigenvalue weighted by Gasteiger charge is -2.35. The topological polar surface area (TPSA) is 35.5 Å². The zero-order chi connectivity index (χ0) is 12.3. The van der Waals surface area contributed by atoms with E-state index in [1.165, 1.54) is 11.7 Å². The van der Waals surface area contributed by atoms with Gasteiger partial charge in [0.25, 0.3) is 0 Å². The predicted octanol–water partition coefficient (Wildman–Crippen LogP) is 0.875. The average Bonchev–Trinajstić information content (AvgIpc) is 2.73. The number of nitrogens with zero attached hydrogens (tertiary/aromatic N) is 5. The van der Waals surface area contributed by atoms with Gasteiger partial charge in [-0.05, 0) is 14.1 Å². The Labute approximate surface area is 111 Å². The second-order valence-electron chi connectivity index (χ2n) is 4.51. The summed E-state index contributed by atoms with van der Waals surface area (Å²) in [4.78, 5) is 6.91. The quantitative estimate of drug-likeness (QED) is 0.815. The highest BCUT2D eigenvalue weighted by molar-refractivity contribution is 6.99. The van der Waals surface area contributed by atoms with Crippen LogP contribution in [-0.4, -0.2) is 71.9 Å². The van der Waals surface area contributed by atoms with Crippen molar-refractivity contribution in [1.82, 2.24) is 18.5 Å². The summed E-state index contributed by atoms with van der Waals surface area (Å²) in [6, 6.07) is 0. The maximum atomic E-state index is 5.99. The number of hydrogen-bond donors (Lipinski definition) is 0. The summed E-state index contributed by atoms with van der Waals surface area (Å²) in [5.74, 6) is 0.851. The maximum absolute atomic E-state index is 5.99. The molecule has 7 heteroatoms. The van der Waals surface area contributed by atoms with Crippen LogP contribution in [0.3, 0.4) is 0 Å². The Kier molecular flexibility index (Phi) is 4.55. The van der Waals surface area contributed by atoms with Gasteiger partial charge in [0.15, 0.2) is 11.0 Å². The predicted molar refractivity (Wildman–Crippen MR) is 72.1 cm³/mol. The van der Waals surface area contributed by atoms with Gasteiger partial charge in [0.2, 0.25) is 0 Å². The summed E-state index contributed by atoms with van der Waals surface area (Å²) in [5, 5.41) is 0.539. The summed E-state index contributed by atoms with van der Waals surface area (Å²) in [5.41, 5.74) is 0. The van der Waals surface area contributed by atoms with E-state index in [9.17, 15) is 0 Å². The molecule has 0 bridgehead atoms. The molecule has 17 heavy (non-hydrogen) atoms. The fourth-order valence-corrected chi connectivity index (χ4v) is 2.66. The summed E-state index contributed by atoms with van der Waals surface area (Å²) in [6.07, 6.45) is 0. The second-order valence-corrected chi connectivity index (χ2v) is 5.40. The van der Waals surface area contributed by atoms with Crippen molar-refractivity contribution in [2.75, 3.05) is 58.3 Å². The third-order valence-electron chi connectivity index (χ3n) is 2.97. The molecule has 2 heterocycles. The standard InChI is InChI=1S/C10H18ClN5S/c1-14(2)3-4-15-5-7-16(8-6-15)10-9(11)12-17-13-10/h3-8H2,1-2H3. The van der Waals surface area contributed by atoms with Gasteiger partial charge in [0, 0.05) is 39.3 Å². The third kappa shape index (κ3) is 3.51. The van der Waals surface area contributed by atoms with Crippen molar-refractivity contribution in [2.24, 2.45) is 0 Å². The largest absolute Gasteiger partial charge is 0.351 e. The summed E-state index contributed by atoms with van der Waals surface area (Å²) in [7, 11) is 4.22. The summed E-state index contributed by atoms with van der Waals surface area (Å²) in [6.45, 7) is 6.35. The van der Waals surface area contributed by atoms with E-state index in [1.807, 2.05) is 0 Å². The number of aromatic nitrogens is 2. The highest BCUT2D eigenvalue weighted by atomic mass is 35.5. The molecule has 1 fully saturated rings. The van der Waals surface area contributed by atoms with E-state index < -0.39 is 0 Å². The van der Waals surface area contributed by atoms with Gasteiger partial charge in [0.05, 0.1) is 11.7 Å². The van der Waals surface area contributed by atoms with Crippen molar-refractivity contribution in [2.45, 2.75) is 0 Å². The molecule has 2 rings (SSSR count). The lowest BCUT2D eigenvalue weighted by atomic mass is 10.3. The Morgan fingerprint density at radius 2 is 1.94 bits per heavy atom. The highest BCUT2D eigenvalue weighted by Gasteiger charge is 2.20. The van der Waals surface area contributed by atoms with Crippen molar-refractivity contribution < 1.29 is 0 Å². The summed E-state index contributed by atoms with van der Waals surface area (Å²) < 4.78 is 8.24. The minimum atomic E-state index is 0.539. The molecule has 1 saturated heterocycles. The first-order chi connectivity index (χ1) is 8.16. The third-order valence-corrected chi connectivity index (χ3v) is 3.84. The molecule has 0 aliphatic carbocycles. The normalized spacial score (nSPS) is 18.0. The van der Waals surface area contributed by atoms with Gasteiger partial charge in [-0.1, -0.05) is 11.6 Å². The number of rotatable bonds is 4. The molecule has 0 radical (unpaired) electrons. The van der Waals surface area contributed by atoms with E-state index >= 15 is 0 Å². The number of piperazine rings is 1. The van der Waals surface area contributed by atoms with Gasteiger partial charge < -0.3 is 9.80 Å². The van der Waals surface area contributed by atoms with Gasteiger partial charge in [-0.15, -0.1) is 0 Å². The van der Waals surface area contributed by atoms with E-state index in [-0.39, 0.29) is 0 Å². The first-order valence-corrected chi connectivity index (χ1v) is 6.88. The Balaban J connectivity index is 1.80. The molecule has 0 spiro atoms. The number of halogens is 1. The number of likely N-dealkylation sites (N-methyl/N-ethyl adjacent to an activating group) is 1. The molecule has 1 aliphatic rings. The van der Waals surface area contributed by atoms with Gasteiger partial charge in [-0.25, -0.2) is 0 Å². The first kappa shape index (κ1) is 13.0. The molecule has 1 aromatic rings. The Bertz CT molecular complexity index is 348. The molecule has 0 aromatic carbocycles. The monoisotopic (exact) mass is 275 g/mol. The van der Waals surface area contributed by atoms with Crippen molar-refractivity contribution in [1.29, 1.82) is 0 Å². The Morgan fingerprint density at radius 3 is 2.47 bits per heavy atom. The minimum absolute atomic E-state index is 0.539. The van der Waals surface area contributed by atoms with E-state index in [2.05, 4.69) is 37.5 Å². The van der Waals surface area contributed by atoms with E-state index in [4.69, 9.17) is 11.6 Å². The van der Waals surface area contributed by atoms with E-state index in [0.29, 0.717) is 5.15 Å². The number of anilines is 1. The van der Waals surface area contributed by atoms with Crippen LogP contribution < -0.4 is 4.90 Å². The van der Waals surface area contributed by atoms with E-state index in [1.54, 1.807) is 0 Å². The first-order valence-electron chi connectivity index (χ1n) is 5.77. The number of hydrogen-bond acceptors (Lipinski definition) is 6. The Morgan fingerprint density at radius 1 is 1.24 bits per heavy atom. The van der Waals surface area contributed by atoms with E-state index in [0.717, 1.165) is 45.1 Å². The van der Waals surface area contributed by atoms with Crippen molar-refractivity contribution >= 4 is 29.1 Å². The molecule has 0 unspecified atom stereocenters. The van der Waals surface area contributed by atoms with Gasteiger partial charge >= 0.3 is 0 Å².